The average Bonchev–Trinajstić information content (AvgIpc) is 2.23. The van der Waals surface area contributed by atoms with Gasteiger partial charge in [0.1, 0.15) is 5.75 Å². The summed E-state index contributed by atoms with van der Waals surface area (Å²) in [6.45, 7) is 3.98. The zero-order chi connectivity index (χ0) is 9.97. The summed E-state index contributed by atoms with van der Waals surface area (Å²) in [5.74, 6) is 0.307. The van der Waals surface area contributed by atoms with Crippen molar-refractivity contribution in [1.29, 1.82) is 0 Å². The lowest BCUT2D eigenvalue weighted by molar-refractivity contribution is 0.471. The molecule has 0 unspecified atom stereocenters. The molecule has 0 saturated carbocycles. The molecule has 4 heteroatoms. The number of phenols is 1. The summed E-state index contributed by atoms with van der Waals surface area (Å²) in [7, 11) is 0. The highest BCUT2D eigenvalue weighted by molar-refractivity contribution is 9.10. The van der Waals surface area contributed by atoms with Gasteiger partial charge in [-0.25, -0.2) is 0 Å². The van der Waals surface area contributed by atoms with Crippen molar-refractivity contribution in [2.75, 3.05) is 31.1 Å². The molecule has 0 spiro atoms. The largest absolute Gasteiger partial charge is 0.507 e. The normalized spacial score (nSPS) is 17.1. The molecule has 14 heavy (non-hydrogen) atoms. The molecule has 0 atom stereocenters. The van der Waals surface area contributed by atoms with Gasteiger partial charge in [0.2, 0.25) is 0 Å². The molecule has 1 aromatic carbocycles. The van der Waals surface area contributed by atoms with Crippen molar-refractivity contribution < 1.29 is 5.11 Å². The van der Waals surface area contributed by atoms with Crippen LogP contribution in [0.3, 0.4) is 0 Å². The Bertz CT molecular complexity index is 324. The number of piperazine rings is 1. The van der Waals surface area contributed by atoms with Gasteiger partial charge in [0.05, 0.1) is 10.2 Å². The molecule has 76 valence electrons. The van der Waals surface area contributed by atoms with Crippen molar-refractivity contribution >= 4 is 21.6 Å². The van der Waals surface area contributed by atoms with Gasteiger partial charge >= 0.3 is 0 Å². The third kappa shape index (κ3) is 1.86. The van der Waals surface area contributed by atoms with Crippen LogP contribution >= 0.6 is 15.9 Å². The molecule has 1 fully saturated rings. The molecule has 3 nitrogen and oxygen atoms in total. The predicted molar refractivity (Wildman–Crippen MR) is 60.9 cm³/mol. The van der Waals surface area contributed by atoms with E-state index in [1.807, 2.05) is 12.1 Å². The van der Waals surface area contributed by atoms with Gasteiger partial charge in [-0.15, -0.1) is 0 Å². The van der Waals surface area contributed by atoms with Crippen LogP contribution in [0, 0.1) is 0 Å². The number of hydrogen-bond acceptors (Lipinski definition) is 3. The molecule has 0 bridgehead atoms. The fraction of sp³-hybridized carbons (Fsp3) is 0.400. The van der Waals surface area contributed by atoms with E-state index in [4.69, 9.17) is 0 Å². The lowest BCUT2D eigenvalue weighted by Gasteiger charge is -2.30. The molecule has 2 N–H and O–H groups in total. The first-order chi connectivity index (χ1) is 6.79. The number of nitrogens with zero attached hydrogens (tertiary/aromatic N) is 1. The molecular weight excluding hydrogens is 244 g/mol. The SMILES string of the molecule is Oc1cccc(N2CCNCC2)c1Br. The van der Waals surface area contributed by atoms with Crippen molar-refractivity contribution in [1.82, 2.24) is 5.32 Å². The molecule has 2 rings (SSSR count). The molecule has 1 aromatic rings. The first kappa shape index (κ1) is 9.80. The van der Waals surface area contributed by atoms with Crippen LogP contribution in [0.2, 0.25) is 0 Å². The van der Waals surface area contributed by atoms with Gasteiger partial charge in [0.15, 0.2) is 0 Å². The zero-order valence-electron chi connectivity index (χ0n) is 7.83. The van der Waals surface area contributed by atoms with E-state index in [1.54, 1.807) is 6.07 Å². The molecule has 0 amide bonds. The monoisotopic (exact) mass is 256 g/mol. The summed E-state index contributed by atoms with van der Waals surface area (Å²) in [6, 6.07) is 5.59. The minimum Gasteiger partial charge on any atom is -0.507 e. The first-order valence-corrected chi connectivity index (χ1v) is 5.51. The average molecular weight is 257 g/mol. The standard InChI is InChI=1S/C10H13BrN2O/c11-10-8(2-1-3-9(10)14)13-6-4-12-5-7-13/h1-3,12,14H,4-7H2. The Balaban J connectivity index is 2.26. The van der Waals surface area contributed by atoms with Crippen LogP contribution in [0.1, 0.15) is 0 Å². The lowest BCUT2D eigenvalue weighted by Crippen LogP contribution is -2.43. The number of phenolic OH excluding ortho intramolecular Hbond substituents is 1. The Kier molecular flexibility index (Phi) is 2.93. The van der Waals surface area contributed by atoms with E-state index in [0.29, 0.717) is 5.75 Å². The van der Waals surface area contributed by atoms with Crippen molar-refractivity contribution in [3.05, 3.63) is 22.7 Å². The van der Waals surface area contributed by atoms with E-state index in [0.717, 1.165) is 36.3 Å². The molecular formula is C10H13BrN2O. The zero-order valence-corrected chi connectivity index (χ0v) is 9.42. The van der Waals surface area contributed by atoms with E-state index in [-0.39, 0.29) is 0 Å². The third-order valence-corrected chi connectivity index (χ3v) is 3.23. The predicted octanol–water partition coefficient (Wildman–Crippen LogP) is 1.56. The van der Waals surface area contributed by atoms with Crippen LogP contribution in [0.25, 0.3) is 0 Å². The second kappa shape index (κ2) is 4.19. The summed E-state index contributed by atoms with van der Waals surface area (Å²) in [5, 5.41) is 12.8. The number of hydrogen-bond donors (Lipinski definition) is 2. The third-order valence-electron chi connectivity index (χ3n) is 2.42. The summed E-state index contributed by atoms with van der Waals surface area (Å²) >= 11 is 3.40. The maximum absolute atomic E-state index is 9.54. The summed E-state index contributed by atoms with van der Waals surface area (Å²) in [6.07, 6.45) is 0. The number of nitrogens with one attached hydrogen (secondary N) is 1. The van der Waals surface area contributed by atoms with Crippen LogP contribution in [0.4, 0.5) is 5.69 Å². The van der Waals surface area contributed by atoms with Gasteiger partial charge < -0.3 is 15.3 Å². The second-order valence-electron chi connectivity index (χ2n) is 3.35. The Morgan fingerprint density at radius 1 is 1.29 bits per heavy atom. The van der Waals surface area contributed by atoms with Gasteiger partial charge in [0.25, 0.3) is 0 Å². The van der Waals surface area contributed by atoms with Gasteiger partial charge in [-0.3, -0.25) is 0 Å². The Morgan fingerprint density at radius 2 is 2.00 bits per heavy atom. The van der Waals surface area contributed by atoms with Crippen LogP contribution < -0.4 is 10.2 Å². The molecule has 1 heterocycles. The maximum atomic E-state index is 9.54. The second-order valence-corrected chi connectivity index (χ2v) is 4.14. The smallest absolute Gasteiger partial charge is 0.131 e. The topological polar surface area (TPSA) is 35.5 Å². The molecule has 0 aromatic heterocycles. The van der Waals surface area contributed by atoms with Crippen LogP contribution in [0.5, 0.6) is 5.75 Å². The van der Waals surface area contributed by atoms with Gasteiger partial charge in [-0.1, -0.05) is 6.07 Å². The molecule has 1 aliphatic heterocycles. The maximum Gasteiger partial charge on any atom is 0.131 e. The van der Waals surface area contributed by atoms with E-state index in [2.05, 4.69) is 26.1 Å². The van der Waals surface area contributed by atoms with E-state index in [9.17, 15) is 5.11 Å². The van der Waals surface area contributed by atoms with Crippen molar-refractivity contribution in [3.63, 3.8) is 0 Å². The van der Waals surface area contributed by atoms with Crippen LogP contribution in [0.15, 0.2) is 22.7 Å². The molecule has 1 saturated heterocycles. The quantitative estimate of drug-likeness (QED) is 0.801. The number of benzene rings is 1. The van der Waals surface area contributed by atoms with Crippen LogP contribution in [-0.4, -0.2) is 31.3 Å². The highest BCUT2D eigenvalue weighted by Gasteiger charge is 2.14. The van der Waals surface area contributed by atoms with Crippen molar-refractivity contribution in [2.45, 2.75) is 0 Å². The number of aromatic hydroxyl groups is 1. The Morgan fingerprint density at radius 3 is 2.71 bits per heavy atom. The Labute approximate surface area is 91.9 Å². The van der Waals surface area contributed by atoms with Crippen LogP contribution in [-0.2, 0) is 0 Å². The number of anilines is 1. The fourth-order valence-electron chi connectivity index (χ4n) is 1.66. The Hall–Kier alpha value is -0.740. The molecule has 0 aliphatic carbocycles. The lowest BCUT2D eigenvalue weighted by atomic mass is 10.2. The van der Waals surface area contributed by atoms with E-state index < -0.39 is 0 Å². The minimum absolute atomic E-state index is 0.307. The van der Waals surface area contributed by atoms with Crippen molar-refractivity contribution in [3.8, 4) is 5.75 Å². The summed E-state index contributed by atoms with van der Waals surface area (Å²) in [5.41, 5.74) is 1.08. The highest BCUT2D eigenvalue weighted by atomic mass is 79.9. The van der Waals surface area contributed by atoms with E-state index >= 15 is 0 Å². The van der Waals surface area contributed by atoms with E-state index in [1.165, 1.54) is 0 Å². The first-order valence-electron chi connectivity index (χ1n) is 4.72. The molecule has 0 radical (unpaired) electrons. The number of rotatable bonds is 1. The van der Waals surface area contributed by atoms with Crippen molar-refractivity contribution in [2.24, 2.45) is 0 Å². The summed E-state index contributed by atoms with van der Waals surface area (Å²) in [4.78, 5) is 2.26. The highest BCUT2D eigenvalue weighted by Crippen LogP contribution is 2.33. The minimum atomic E-state index is 0.307. The summed E-state index contributed by atoms with van der Waals surface area (Å²) < 4.78 is 0.793. The molecule has 1 aliphatic rings. The number of halogens is 1. The van der Waals surface area contributed by atoms with Gasteiger partial charge in [-0.2, -0.15) is 0 Å². The van der Waals surface area contributed by atoms with Gasteiger partial charge in [-0.05, 0) is 28.1 Å². The van der Waals surface area contributed by atoms with Gasteiger partial charge in [0, 0.05) is 26.2 Å². The fourth-order valence-corrected chi connectivity index (χ4v) is 2.17.